The summed E-state index contributed by atoms with van der Waals surface area (Å²) in [6, 6.07) is 20.5. The summed E-state index contributed by atoms with van der Waals surface area (Å²) in [5.74, 6) is -1.71. The molecule has 0 aliphatic rings. The summed E-state index contributed by atoms with van der Waals surface area (Å²) in [6.07, 6.45) is 0. The molecule has 0 unspecified atom stereocenters. The molecule has 3 aromatic carbocycles. The second-order valence-corrected chi connectivity index (χ2v) is 5.46. The number of carboxylic acid groups (broad SMARTS) is 1. The van der Waals surface area contributed by atoms with Gasteiger partial charge < -0.3 is 9.84 Å². The highest BCUT2D eigenvalue weighted by Gasteiger charge is 2.18. The van der Waals surface area contributed by atoms with Crippen LogP contribution in [0.5, 0.6) is 5.75 Å². The summed E-state index contributed by atoms with van der Waals surface area (Å²) in [6.45, 7) is 0. The Bertz CT molecular complexity index is 959. The predicted molar refractivity (Wildman–Crippen MR) is 94.7 cm³/mol. The zero-order chi connectivity index (χ0) is 18.5. The smallest absolute Gasteiger partial charge is 0.343 e. The molecule has 0 spiro atoms. The van der Waals surface area contributed by atoms with Crippen LogP contribution in [0.3, 0.4) is 0 Å². The van der Waals surface area contributed by atoms with E-state index in [1.807, 2.05) is 6.07 Å². The molecule has 1 N–H and O–H groups in total. The van der Waals surface area contributed by atoms with Crippen LogP contribution in [0, 0.1) is 0 Å². The third-order valence-corrected chi connectivity index (χ3v) is 3.74. The average Bonchev–Trinajstić information content (AvgIpc) is 2.68. The number of rotatable bonds is 5. The van der Waals surface area contributed by atoms with Crippen molar-refractivity contribution in [2.24, 2.45) is 0 Å². The van der Waals surface area contributed by atoms with Crippen LogP contribution in [-0.2, 0) is 0 Å². The Labute approximate surface area is 149 Å². The van der Waals surface area contributed by atoms with Gasteiger partial charge in [-0.15, -0.1) is 0 Å². The van der Waals surface area contributed by atoms with E-state index in [4.69, 9.17) is 4.74 Å². The third-order valence-electron chi connectivity index (χ3n) is 3.74. The Kier molecular flexibility index (Phi) is 4.90. The van der Waals surface area contributed by atoms with Crippen molar-refractivity contribution in [1.82, 2.24) is 0 Å². The van der Waals surface area contributed by atoms with E-state index in [1.54, 1.807) is 36.4 Å². The van der Waals surface area contributed by atoms with E-state index in [-0.39, 0.29) is 22.3 Å². The molecule has 128 valence electrons. The highest BCUT2D eigenvalue weighted by molar-refractivity contribution is 6.14. The van der Waals surface area contributed by atoms with Gasteiger partial charge in [-0.05, 0) is 30.3 Å². The van der Waals surface area contributed by atoms with Gasteiger partial charge in [-0.2, -0.15) is 0 Å². The Morgan fingerprint density at radius 3 is 1.81 bits per heavy atom. The molecule has 0 aliphatic carbocycles. The van der Waals surface area contributed by atoms with Crippen LogP contribution in [0.15, 0.2) is 78.9 Å². The molecule has 3 aromatic rings. The fourth-order valence-corrected chi connectivity index (χ4v) is 2.44. The minimum Gasteiger partial charge on any atom is -0.478 e. The van der Waals surface area contributed by atoms with Gasteiger partial charge in [-0.3, -0.25) is 4.79 Å². The molecule has 5 nitrogen and oxygen atoms in total. The largest absolute Gasteiger partial charge is 0.478 e. The van der Waals surface area contributed by atoms with Crippen molar-refractivity contribution >= 4 is 17.7 Å². The average molecular weight is 346 g/mol. The predicted octanol–water partition coefficient (Wildman–Crippen LogP) is 3.84. The molecular formula is C21H14O5. The lowest BCUT2D eigenvalue weighted by molar-refractivity contribution is 0.0691. The zero-order valence-electron chi connectivity index (χ0n) is 13.6. The van der Waals surface area contributed by atoms with Gasteiger partial charge in [0, 0.05) is 11.1 Å². The number of hydrogen-bond donors (Lipinski definition) is 1. The first kappa shape index (κ1) is 17.1. The summed E-state index contributed by atoms with van der Waals surface area (Å²) in [7, 11) is 0. The Morgan fingerprint density at radius 2 is 1.19 bits per heavy atom. The highest BCUT2D eigenvalue weighted by atomic mass is 16.5. The minimum absolute atomic E-state index is 0.0648. The molecule has 0 saturated heterocycles. The van der Waals surface area contributed by atoms with Crippen molar-refractivity contribution in [2.45, 2.75) is 0 Å². The summed E-state index contributed by atoms with van der Waals surface area (Å²) in [5.41, 5.74) is 0.608. The lowest BCUT2D eigenvalue weighted by atomic mass is 9.98. The fraction of sp³-hybridized carbons (Fsp3) is 0. The maximum Gasteiger partial charge on any atom is 0.343 e. The summed E-state index contributed by atoms with van der Waals surface area (Å²) in [4.78, 5) is 35.9. The number of carbonyl (C=O) groups excluding carboxylic acids is 2. The minimum atomic E-state index is -1.17. The summed E-state index contributed by atoms with van der Waals surface area (Å²) in [5, 5.41) is 9.21. The molecule has 0 atom stereocenters. The van der Waals surface area contributed by atoms with E-state index in [2.05, 4.69) is 0 Å². The first-order valence-corrected chi connectivity index (χ1v) is 7.80. The quantitative estimate of drug-likeness (QED) is 0.431. The van der Waals surface area contributed by atoms with Crippen molar-refractivity contribution in [3.63, 3.8) is 0 Å². The van der Waals surface area contributed by atoms with Gasteiger partial charge in [0.25, 0.3) is 0 Å². The molecule has 0 amide bonds. The van der Waals surface area contributed by atoms with Gasteiger partial charge >= 0.3 is 11.9 Å². The number of ketones is 1. The van der Waals surface area contributed by atoms with Crippen LogP contribution < -0.4 is 4.74 Å². The van der Waals surface area contributed by atoms with Crippen LogP contribution in [-0.4, -0.2) is 22.8 Å². The number of aromatic carboxylic acids is 1. The molecule has 3 rings (SSSR count). The van der Waals surface area contributed by atoms with Gasteiger partial charge in [0.15, 0.2) is 5.78 Å². The van der Waals surface area contributed by atoms with Gasteiger partial charge in [0.05, 0.1) is 11.1 Å². The van der Waals surface area contributed by atoms with E-state index >= 15 is 0 Å². The molecule has 5 heteroatoms. The van der Waals surface area contributed by atoms with Crippen LogP contribution in [0.1, 0.15) is 36.6 Å². The van der Waals surface area contributed by atoms with Crippen molar-refractivity contribution < 1.29 is 24.2 Å². The first-order valence-electron chi connectivity index (χ1n) is 7.80. The molecule has 0 heterocycles. The van der Waals surface area contributed by atoms with Gasteiger partial charge in [0.1, 0.15) is 5.75 Å². The number of benzene rings is 3. The monoisotopic (exact) mass is 346 g/mol. The molecule has 0 aliphatic heterocycles. The van der Waals surface area contributed by atoms with Gasteiger partial charge in [-0.1, -0.05) is 48.5 Å². The molecule has 0 aromatic heterocycles. The summed E-state index contributed by atoms with van der Waals surface area (Å²) >= 11 is 0. The highest BCUT2D eigenvalue weighted by Crippen LogP contribution is 2.17. The van der Waals surface area contributed by atoms with E-state index in [9.17, 15) is 19.5 Å². The maximum atomic E-state index is 12.6. The molecule has 0 bridgehead atoms. The Hall–Kier alpha value is -3.73. The van der Waals surface area contributed by atoms with Crippen LogP contribution in [0.4, 0.5) is 0 Å². The summed E-state index contributed by atoms with van der Waals surface area (Å²) < 4.78 is 5.23. The Balaban J connectivity index is 1.80. The van der Waals surface area contributed by atoms with Crippen molar-refractivity contribution in [1.29, 1.82) is 0 Å². The van der Waals surface area contributed by atoms with E-state index in [0.717, 1.165) is 0 Å². The lowest BCUT2D eigenvalue weighted by Gasteiger charge is -2.07. The number of carboxylic acids is 1. The van der Waals surface area contributed by atoms with Crippen LogP contribution in [0.2, 0.25) is 0 Å². The van der Waals surface area contributed by atoms with Gasteiger partial charge in [0.2, 0.25) is 0 Å². The Morgan fingerprint density at radius 1 is 0.654 bits per heavy atom. The van der Waals surface area contributed by atoms with E-state index < -0.39 is 17.7 Å². The molecular weight excluding hydrogens is 332 g/mol. The fourth-order valence-electron chi connectivity index (χ4n) is 2.44. The van der Waals surface area contributed by atoms with Crippen LogP contribution >= 0.6 is 0 Å². The van der Waals surface area contributed by atoms with Crippen LogP contribution in [0.25, 0.3) is 0 Å². The molecule has 0 radical (unpaired) electrons. The maximum absolute atomic E-state index is 12.6. The number of hydrogen-bond acceptors (Lipinski definition) is 4. The third kappa shape index (κ3) is 3.67. The van der Waals surface area contributed by atoms with Gasteiger partial charge in [-0.25, -0.2) is 9.59 Å². The van der Waals surface area contributed by atoms with Crippen molar-refractivity contribution in [2.75, 3.05) is 0 Å². The SMILES string of the molecule is O=C(Oc1ccccc1)c1ccc(C(=O)c2ccccc2C(=O)O)cc1. The molecule has 0 fully saturated rings. The second kappa shape index (κ2) is 7.44. The second-order valence-electron chi connectivity index (χ2n) is 5.46. The number of para-hydroxylation sites is 1. The lowest BCUT2D eigenvalue weighted by Crippen LogP contribution is -2.11. The zero-order valence-corrected chi connectivity index (χ0v) is 13.6. The van der Waals surface area contributed by atoms with Crippen molar-refractivity contribution in [3.8, 4) is 5.75 Å². The normalized spacial score (nSPS) is 10.2. The topological polar surface area (TPSA) is 80.7 Å². The van der Waals surface area contributed by atoms with E-state index in [1.165, 1.54) is 36.4 Å². The molecule has 26 heavy (non-hydrogen) atoms. The number of carbonyl (C=O) groups is 3. The van der Waals surface area contributed by atoms with E-state index in [0.29, 0.717) is 5.75 Å². The first-order chi connectivity index (χ1) is 12.6. The molecule has 0 saturated carbocycles. The number of esters is 1. The standard InChI is InChI=1S/C21H14O5/c22-19(17-8-4-5-9-18(17)20(23)24)14-10-12-15(13-11-14)21(25)26-16-6-2-1-3-7-16/h1-13H,(H,23,24). The number of ether oxygens (including phenoxy) is 1. The van der Waals surface area contributed by atoms with Crippen molar-refractivity contribution in [3.05, 3.63) is 101 Å².